The molecule has 0 bridgehead atoms. The highest BCUT2D eigenvalue weighted by Gasteiger charge is 2.27. The van der Waals surface area contributed by atoms with E-state index in [1.807, 2.05) is 38.1 Å². The Morgan fingerprint density at radius 2 is 2.17 bits per heavy atom. The van der Waals surface area contributed by atoms with Gasteiger partial charge in [0.25, 0.3) is 5.91 Å². The van der Waals surface area contributed by atoms with Gasteiger partial charge in [0, 0.05) is 12.1 Å². The Labute approximate surface area is 108 Å². The highest BCUT2D eigenvalue weighted by Crippen LogP contribution is 2.14. The van der Waals surface area contributed by atoms with Gasteiger partial charge in [-0.3, -0.25) is 4.79 Å². The number of nitrogens with zero attached hydrogens (tertiary/aromatic N) is 2. The molecule has 2 unspecified atom stereocenters. The molecule has 1 aliphatic heterocycles. The molecule has 1 aromatic rings. The summed E-state index contributed by atoms with van der Waals surface area (Å²) in [5, 5.41) is 9.67. The van der Waals surface area contributed by atoms with Crippen molar-refractivity contribution in [3.05, 3.63) is 35.4 Å². The van der Waals surface area contributed by atoms with Crippen LogP contribution in [0.25, 0.3) is 0 Å². The Morgan fingerprint density at radius 3 is 2.78 bits per heavy atom. The van der Waals surface area contributed by atoms with Gasteiger partial charge in [-0.25, -0.2) is 0 Å². The van der Waals surface area contributed by atoms with E-state index in [0.29, 0.717) is 12.4 Å². The molecule has 18 heavy (non-hydrogen) atoms. The normalized spacial score (nSPS) is 24.8. The summed E-state index contributed by atoms with van der Waals surface area (Å²) in [4.78, 5) is 17.2. The van der Waals surface area contributed by atoms with E-state index in [2.05, 4.69) is 4.99 Å². The van der Waals surface area contributed by atoms with Crippen LogP contribution in [-0.4, -0.2) is 40.9 Å². The first-order chi connectivity index (χ1) is 9.04. The van der Waals surface area contributed by atoms with Gasteiger partial charge in [0.05, 0.1) is 7.89 Å². The van der Waals surface area contributed by atoms with Gasteiger partial charge in [0.2, 0.25) is 0 Å². The number of β-amino-alcohol motifs (C(OH)–C–C–N with tert-alkyl or cyclic N) is 1. The lowest BCUT2D eigenvalue weighted by Gasteiger charge is -2.30. The Bertz CT molecular complexity index is 499. The van der Waals surface area contributed by atoms with Gasteiger partial charge in [0.15, 0.2) is 6.10 Å². The predicted molar refractivity (Wildman–Crippen MR) is 70.6 cm³/mol. The maximum absolute atomic E-state index is 11.6. The Hall–Kier alpha value is -1.68. The fourth-order valence-electron chi connectivity index (χ4n) is 1.89. The molecule has 4 nitrogen and oxygen atoms in total. The summed E-state index contributed by atoms with van der Waals surface area (Å²) in [7, 11) is 0. The molecular formula is C14H18N2O2. The van der Waals surface area contributed by atoms with Crippen molar-refractivity contribution in [1.29, 1.82) is 0 Å². The zero-order valence-electron chi connectivity index (χ0n) is 11.6. The van der Waals surface area contributed by atoms with Crippen LogP contribution in [0.3, 0.4) is 0 Å². The number of carbonyl (C=O) groups excluding carboxylic acids is 1. The molecule has 0 saturated heterocycles. The van der Waals surface area contributed by atoms with Gasteiger partial charge < -0.3 is 10.0 Å². The van der Waals surface area contributed by atoms with Gasteiger partial charge in [0.1, 0.15) is 5.84 Å². The molecule has 1 N–H and O–H groups in total. The summed E-state index contributed by atoms with van der Waals surface area (Å²) in [5.41, 5.74) is 1.92. The van der Waals surface area contributed by atoms with E-state index in [0.717, 1.165) is 17.5 Å². The molecule has 4 heteroatoms. The SMILES string of the molecule is [2H]C1C(O)C(=O)N=C(c2ccc(C)cc2)N1CCC. The third-order valence-corrected chi connectivity index (χ3v) is 2.84. The average Bonchev–Trinajstić information content (AvgIpc) is 2.40. The second kappa shape index (κ2) is 5.31. The largest absolute Gasteiger partial charge is 0.381 e. The van der Waals surface area contributed by atoms with E-state index >= 15 is 0 Å². The molecular weight excluding hydrogens is 228 g/mol. The van der Waals surface area contributed by atoms with Crippen molar-refractivity contribution in [3.8, 4) is 0 Å². The molecule has 0 aliphatic carbocycles. The molecule has 0 saturated carbocycles. The van der Waals surface area contributed by atoms with Crippen LogP contribution < -0.4 is 0 Å². The van der Waals surface area contributed by atoms with Crippen LogP contribution in [0.5, 0.6) is 0 Å². The minimum atomic E-state index is -1.36. The van der Waals surface area contributed by atoms with E-state index in [9.17, 15) is 9.90 Å². The number of aliphatic hydroxyl groups excluding tert-OH is 1. The van der Waals surface area contributed by atoms with Crippen LogP contribution in [0.4, 0.5) is 0 Å². The average molecular weight is 247 g/mol. The molecule has 1 heterocycles. The predicted octanol–water partition coefficient (Wildman–Crippen LogP) is 1.35. The smallest absolute Gasteiger partial charge is 0.278 e. The number of aryl methyl sites for hydroxylation is 1. The quantitative estimate of drug-likeness (QED) is 0.877. The Balaban J connectivity index is 2.41. The maximum Gasteiger partial charge on any atom is 0.278 e. The third-order valence-electron chi connectivity index (χ3n) is 2.84. The van der Waals surface area contributed by atoms with Crippen molar-refractivity contribution in [2.45, 2.75) is 26.4 Å². The summed E-state index contributed by atoms with van der Waals surface area (Å²) in [6, 6.07) is 7.65. The van der Waals surface area contributed by atoms with E-state index < -0.39 is 18.5 Å². The lowest BCUT2D eigenvalue weighted by molar-refractivity contribution is -0.127. The van der Waals surface area contributed by atoms with Crippen molar-refractivity contribution in [3.63, 3.8) is 0 Å². The zero-order valence-corrected chi connectivity index (χ0v) is 10.6. The van der Waals surface area contributed by atoms with Gasteiger partial charge in [-0.05, 0) is 13.3 Å². The number of rotatable bonds is 3. The highest BCUT2D eigenvalue weighted by atomic mass is 16.3. The summed E-state index contributed by atoms with van der Waals surface area (Å²) < 4.78 is 7.97. The number of hydrogen-bond donors (Lipinski definition) is 1. The molecule has 0 spiro atoms. The minimum absolute atomic E-state index is 0.483. The van der Waals surface area contributed by atoms with E-state index in [1.54, 1.807) is 4.90 Å². The van der Waals surface area contributed by atoms with Crippen LogP contribution in [0.2, 0.25) is 0 Å². The first-order valence-corrected chi connectivity index (χ1v) is 6.11. The summed E-state index contributed by atoms with van der Waals surface area (Å²) in [6.07, 6.45) is -0.540. The number of hydrogen-bond acceptors (Lipinski definition) is 3. The van der Waals surface area contributed by atoms with E-state index in [1.165, 1.54) is 0 Å². The van der Waals surface area contributed by atoms with E-state index in [-0.39, 0.29) is 0 Å². The molecule has 0 aromatic heterocycles. The van der Waals surface area contributed by atoms with Crippen LogP contribution in [0.1, 0.15) is 25.8 Å². The second-order valence-electron chi connectivity index (χ2n) is 4.43. The van der Waals surface area contributed by atoms with Crippen molar-refractivity contribution in [2.75, 3.05) is 13.1 Å². The number of carbonyl (C=O) groups is 1. The number of amides is 1. The first kappa shape index (κ1) is 11.4. The Kier molecular flexibility index (Phi) is 3.37. The summed E-state index contributed by atoms with van der Waals surface area (Å²) in [5.74, 6) is -0.153. The lowest BCUT2D eigenvalue weighted by atomic mass is 10.1. The van der Waals surface area contributed by atoms with Gasteiger partial charge in [-0.15, -0.1) is 0 Å². The minimum Gasteiger partial charge on any atom is -0.381 e. The molecule has 2 atom stereocenters. The monoisotopic (exact) mass is 247 g/mol. The van der Waals surface area contributed by atoms with Crippen molar-refractivity contribution < 1.29 is 11.3 Å². The summed E-state index contributed by atoms with van der Waals surface area (Å²) in [6.45, 7) is 3.58. The van der Waals surface area contributed by atoms with Crippen LogP contribution in [-0.2, 0) is 4.79 Å². The zero-order chi connectivity index (χ0) is 14.0. The standard InChI is InChI=1S/C14H18N2O2/c1-3-8-16-9-12(17)14(18)15-13(16)11-6-4-10(2)5-7-11/h4-7,12,17H,3,8-9H2,1-2H3/i9D. The third kappa shape index (κ3) is 2.59. The lowest BCUT2D eigenvalue weighted by Crippen LogP contribution is -2.46. The topological polar surface area (TPSA) is 52.9 Å². The van der Waals surface area contributed by atoms with E-state index in [4.69, 9.17) is 1.37 Å². The highest BCUT2D eigenvalue weighted by molar-refractivity contribution is 6.07. The first-order valence-electron chi connectivity index (χ1n) is 6.69. The molecule has 0 radical (unpaired) electrons. The molecule has 1 aromatic carbocycles. The van der Waals surface area contributed by atoms with Crippen molar-refractivity contribution in [1.82, 2.24) is 4.90 Å². The molecule has 1 aliphatic rings. The fraction of sp³-hybridized carbons (Fsp3) is 0.429. The van der Waals surface area contributed by atoms with Gasteiger partial charge in [-0.2, -0.15) is 4.99 Å². The fourth-order valence-corrected chi connectivity index (χ4v) is 1.89. The number of aliphatic imine (C=N–C) groups is 1. The van der Waals surface area contributed by atoms with Gasteiger partial charge >= 0.3 is 0 Å². The Morgan fingerprint density at radius 1 is 1.50 bits per heavy atom. The van der Waals surface area contributed by atoms with Crippen LogP contribution in [0, 0.1) is 6.92 Å². The summed E-state index contributed by atoms with van der Waals surface area (Å²) >= 11 is 0. The molecule has 2 rings (SSSR count). The maximum atomic E-state index is 11.6. The van der Waals surface area contributed by atoms with Crippen molar-refractivity contribution in [2.24, 2.45) is 4.99 Å². The number of aliphatic hydroxyl groups is 1. The molecule has 96 valence electrons. The van der Waals surface area contributed by atoms with Gasteiger partial charge in [-0.1, -0.05) is 36.8 Å². The van der Waals surface area contributed by atoms with Crippen molar-refractivity contribution >= 4 is 11.7 Å². The molecule has 1 amide bonds. The number of amidine groups is 1. The second-order valence-corrected chi connectivity index (χ2v) is 4.43. The van der Waals surface area contributed by atoms with Crippen LogP contribution in [0.15, 0.2) is 29.3 Å². The number of benzene rings is 1. The molecule has 0 fully saturated rings. The van der Waals surface area contributed by atoms with Crippen LogP contribution >= 0.6 is 0 Å².